The molecule has 1 saturated heterocycles. The Hall–Kier alpha value is -1.23. The lowest BCUT2D eigenvalue weighted by Gasteiger charge is -2.58. The van der Waals surface area contributed by atoms with Gasteiger partial charge in [0.05, 0.1) is 5.71 Å². The summed E-state index contributed by atoms with van der Waals surface area (Å²) < 4.78 is 0. The molecule has 1 heterocycles. The van der Waals surface area contributed by atoms with Gasteiger partial charge in [-0.25, -0.2) is 0 Å². The van der Waals surface area contributed by atoms with Crippen LogP contribution in [0.4, 0.5) is 0 Å². The summed E-state index contributed by atoms with van der Waals surface area (Å²) >= 11 is 0. The van der Waals surface area contributed by atoms with Crippen LogP contribution in [0.1, 0.15) is 78.1 Å². The highest BCUT2D eigenvalue weighted by atomic mass is 16.6. The van der Waals surface area contributed by atoms with E-state index in [4.69, 9.17) is 4.84 Å². The van der Waals surface area contributed by atoms with Gasteiger partial charge in [-0.3, -0.25) is 9.59 Å². The van der Waals surface area contributed by atoms with Crippen LogP contribution in [-0.4, -0.2) is 36.5 Å². The van der Waals surface area contributed by atoms with Crippen LogP contribution in [0.15, 0.2) is 5.16 Å². The number of Topliss-reactive ketones (excluding diaryl/α,β-unsaturated/α-hetero) is 2. The molecule has 0 aromatic rings. The number of nitrogens with one attached hydrogen (secondary N) is 1. The highest BCUT2D eigenvalue weighted by Crippen LogP contribution is 2.64. The first-order valence-electron chi connectivity index (χ1n) is 11.9. The van der Waals surface area contributed by atoms with E-state index in [0.29, 0.717) is 30.9 Å². The standard InChI is InChI=1S/C24H36N2O3/c1-23-9-3-6-17(23)20-18(8-10-23)24(2)11-7-15(13-19(24)21(27)22(20)28)26-29-14-16-5-4-12-25-16/h16-20,25H,3-14H2,1-2H3/t16-,17+,18-,19?,20+,23+,24-/m1/s1. The van der Waals surface area contributed by atoms with Gasteiger partial charge in [0.1, 0.15) is 6.61 Å². The van der Waals surface area contributed by atoms with Gasteiger partial charge in [-0.2, -0.15) is 0 Å². The minimum atomic E-state index is -0.192. The molecule has 0 spiro atoms. The van der Waals surface area contributed by atoms with Gasteiger partial charge >= 0.3 is 0 Å². The molecule has 4 saturated carbocycles. The molecule has 0 radical (unpaired) electrons. The van der Waals surface area contributed by atoms with E-state index in [1.54, 1.807) is 0 Å². The van der Waals surface area contributed by atoms with Crippen LogP contribution < -0.4 is 5.32 Å². The minimum absolute atomic E-state index is 0.0202. The first kappa shape index (κ1) is 19.7. The van der Waals surface area contributed by atoms with Crippen molar-refractivity contribution in [1.82, 2.24) is 5.32 Å². The van der Waals surface area contributed by atoms with Gasteiger partial charge in [-0.05, 0) is 87.0 Å². The van der Waals surface area contributed by atoms with E-state index < -0.39 is 0 Å². The largest absolute Gasteiger partial charge is 0.394 e. The van der Waals surface area contributed by atoms with Crippen molar-refractivity contribution >= 4 is 17.3 Å². The number of rotatable bonds is 3. The number of nitrogens with zero attached hydrogens (tertiary/aromatic N) is 1. The molecule has 0 aromatic carbocycles. The topological polar surface area (TPSA) is 67.8 Å². The summed E-state index contributed by atoms with van der Waals surface area (Å²) in [5.74, 6) is 0.435. The van der Waals surface area contributed by atoms with Crippen LogP contribution in [0, 0.1) is 34.5 Å². The molecule has 5 aliphatic rings. The summed E-state index contributed by atoms with van der Waals surface area (Å²) in [5, 5.41) is 7.83. The van der Waals surface area contributed by atoms with Crippen LogP contribution in [0.3, 0.4) is 0 Å². The predicted octanol–water partition coefficient (Wildman–Crippen LogP) is 3.90. The maximum atomic E-state index is 13.3. The minimum Gasteiger partial charge on any atom is -0.394 e. The molecule has 29 heavy (non-hydrogen) atoms. The van der Waals surface area contributed by atoms with Crippen molar-refractivity contribution in [3.05, 3.63) is 0 Å². The van der Waals surface area contributed by atoms with Crippen LogP contribution in [0.5, 0.6) is 0 Å². The van der Waals surface area contributed by atoms with Crippen molar-refractivity contribution < 1.29 is 14.4 Å². The zero-order valence-corrected chi connectivity index (χ0v) is 18.0. The van der Waals surface area contributed by atoms with Crippen molar-refractivity contribution in [2.75, 3.05) is 13.2 Å². The van der Waals surface area contributed by atoms with Crippen LogP contribution >= 0.6 is 0 Å². The lowest BCUT2D eigenvalue weighted by Crippen LogP contribution is -2.60. The van der Waals surface area contributed by atoms with Crippen molar-refractivity contribution in [2.45, 2.75) is 84.1 Å². The highest BCUT2D eigenvalue weighted by molar-refractivity contribution is 6.40. The van der Waals surface area contributed by atoms with Gasteiger partial charge in [-0.1, -0.05) is 25.4 Å². The summed E-state index contributed by atoms with van der Waals surface area (Å²) in [7, 11) is 0. The van der Waals surface area contributed by atoms with Crippen LogP contribution in [0.25, 0.3) is 0 Å². The Morgan fingerprint density at radius 3 is 2.69 bits per heavy atom. The van der Waals surface area contributed by atoms with Crippen LogP contribution in [-0.2, 0) is 14.4 Å². The monoisotopic (exact) mass is 400 g/mol. The number of carbonyl (C=O) groups is 2. The van der Waals surface area contributed by atoms with E-state index in [1.165, 1.54) is 25.7 Å². The molecule has 5 heteroatoms. The number of fused-ring (bicyclic) bond motifs is 5. The summed E-state index contributed by atoms with van der Waals surface area (Å²) in [6.07, 6.45) is 10.7. The Bertz CT molecular complexity index is 728. The number of hydrogen-bond acceptors (Lipinski definition) is 5. The van der Waals surface area contributed by atoms with Gasteiger partial charge < -0.3 is 10.2 Å². The Kier molecular flexibility index (Phi) is 4.88. The quantitative estimate of drug-likeness (QED) is 0.576. The molecular formula is C24H36N2O3. The fourth-order valence-corrected chi connectivity index (χ4v) is 7.76. The van der Waals surface area contributed by atoms with Gasteiger partial charge in [0.2, 0.25) is 11.6 Å². The average molecular weight is 401 g/mol. The fraction of sp³-hybridized carbons (Fsp3) is 0.875. The summed E-state index contributed by atoms with van der Waals surface area (Å²) in [4.78, 5) is 32.2. The van der Waals surface area contributed by atoms with E-state index >= 15 is 0 Å². The molecule has 0 amide bonds. The molecule has 0 aromatic heterocycles. The fourth-order valence-electron chi connectivity index (χ4n) is 7.76. The molecule has 1 unspecified atom stereocenters. The van der Waals surface area contributed by atoms with Gasteiger partial charge in [0.15, 0.2) is 0 Å². The first-order chi connectivity index (χ1) is 13.9. The highest BCUT2D eigenvalue weighted by Gasteiger charge is 2.63. The molecule has 5 fully saturated rings. The van der Waals surface area contributed by atoms with Gasteiger partial charge in [0.25, 0.3) is 0 Å². The van der Waals surface area contributed by atoms with E-state index in [0.717, 1.165) is 44.4 Å². The number of hydrogen-bond donors (Lipinski definition) is 1. The number of ketones is 2. The Labute approximate surface area is 174 Å². The molecule has 5 rings (SSSR count). The maximum absolute atomic E-state index is 13.3. The Morgan fingerprint density at radius 1 is 1.03 bits per heavy atom. The molecular weight excluding hydrogens is 364 g/mol. The zero-order chi connectivity index (χ0) is 20.2. The van der Waals surface area contributed by atoms with E-state index in [9.17, 15) is 9.59 Å². The first-order valence-corrected chi connectivity index (χ1v) is 11.9. The molecule has 4 aliphatic carbocycles. The normalized spacial score (nSPS) is 48.3. The smallest absolute Gasteiger partial charge is 0.202 e. The Balaban J connectivity index is 1.33. The van der Waals surface area contributed by atoms with Crippen molar-refractivity contribution in [2.24, 2.45) is 39.7 Å². The average Bonchev–Trinajstić information content (AvgIpc) is 3.35. The molecule has 1 N–H and O–H groups in total. The second kappa shape index (κ2) is 7.18. The van der Waals surface area contributed by atoms with E-state index in [-0.39, 0.29) is 34.2 Å². The third-order valence-corrected chi connectivity index (χ3v) is 9.58. The van der Waals surface area contributed by atoms with Crippen molar-refractivity contribution in [3.63, 3.8) is 0 Å². The van der Waals surface area contributed by atoms with Gasteiger partial charge in [0, 0.05) is 17.9 Å². The van der Waals surface area contributed by atoms with E-state index in [2.05, 4.69) is 24.3 Å². The molecule has 0 bridgehead atoms. The summed E-state index contributed by atoms with van der Waals surface area (Å²) in [5.41, 5.74) is 1.21. The molecule has 5 nitrogen and oxygen atoms in total. The van der Waals surface area contributed by atoms with Gasteiger partial charge in [-0.15, -0.1) is 0 Å². The third-order valence-electron chi connectivity index (χ3n) is 9.58. The van der Waals surface area contributed by atoms with E-state index in [1.807, 2.05) is 0 Å². The number of carbonyl (C=O) groups excluding carboxylic acids is 2. The second-order valence-electron chi connectivity index (χ2n) is 11.1. The molecule has 7 atom stereocenters. The molecule has 160 valence electrons. The SMILES string of the molecule is C[C@@]12CCC[C@H]1[C@@H]1C(=O)C(=O)C3CC(=NOC[C@H]4CCCN4)CC[C@]3(C)[C@@H]1CC2. The summed E-state index contributed by atoms with van der Waals surface area (Å²) in [6, 6.07) is 0.398. The second-order valence-corrected chi connectivity index (χ2v) is 11.1. The zero-order valence-electron chi connectivity index (χ0n) is 18.0. The lowest BCUT2D eigenvalue weighted by atomic mass is 9.44. The van der Waals surface area contributed by atoms with Crippen molar-refractivity contribution in [1.29, 1.82) is 0 Å². The van der Waals surface area contributed by atoms with Crippen LogP contribution in [0.2, 0.25) is 0 Å². The maximum Gasteiger partial charge on any atom is 0.202 e. The van der Waals surface area contributed by atoms with Crippen molar-refractivity contribution in [3.8, 4) is 0 Å². The summed E-state index contributed by atoms with van der Waals surface area (Å²) in [6.45, 7) is 6.33. The Morgan fingerprint density at radius 2 is 1.90 bits per heavy atom. The molecule has 1 aliphatic heterocycles. The number of oxime groups is 1. The third kappa shape index (κ3) is 3.10. The predicted molar refractivity (Wildman–Crippen MR) is 112 cm³/mol. The lowest BCUT2D eigenvalue weighted by molar-refractivity contribution is -0.164.